The van der Waals surface area contributed by atoms with Gasteiger partial charge in [-0.1, -0.05) is 11.6 Å². The molecular weight excluding hydrogens is 323 g/mol. The minimum atomic E-state index is -4.44. The van der Waals surface area contributed by atoms with Gasteiger partial charge in [-0.05, 0) is 12.1 Å². The van der Waals surface area contributed by atoms with E-state index in [1.54, 1.807) is 12.1 Å². The van der Waals surface area contributed by atoms with Crippen LogP contribution >= 0.6 is 11.6 Å². The molecule has 1 N–H and O–H groups in total. The maximum atomic E-state index is 12.5. The summed E-state index contributed by atoms with van der Waals surface area (Å²) in [5.74, 6) is 0. The molecule has 118 valence electrons. The quantitative estimate of drug-likeness (QED) is 0.824. The highest BCUT2D eigenvalue weighted by molar-refractivity contribution is 6.32. The van der Waals surface area contributed by atoms with Crippen LogP contribution in [0.5, 0.6) is 0 Å². The lowest BCUT2D eigenvalue weighted by Gasteiger charge is -2.17. The van der Waals surface area contributed by atoms with Crippen molar-refractivity contribution < 1.29 is 22.7 Å². The molecule has 22 heavy (non-hydrogen) atoms. The van der Waals surface area contributed by atoms with Crippen molar-refractivity contribution in [2.24, 2.45) is 0 Å². The molecule has 0 saturated heterocycles. The zero-order chi connectivity index (χ0) is 16.2. The number of halogens is 4. The third kappa shape index (κ3) is 4.20. The number of carbonyl (C=O) groups is 1. The first-order valence-corrected chi connectivity index (χ1v) is 6.57. The van der Waals surface area contributed by atoms with Crippen molar-refractivity contribution >= 4 is 18.1 Å². The number of carbonyl (C=O) groups excluding carboxylic acids is 1. The van der Waals surface area contributed by atoms with E-state index in [0.717, 1.165) is 0 Å². The number of nitrogens with zero attached hydrogens (tertiary/aromatic N) is 2. The fourth-order valence-corrected chi connectivity index (χ4v) is 2.21. The molecule has 0 aliphatic heterocycles. The number of aromatic nitrogens is 3. The second-order valence-electron chi connectivity index (χ2n) is 4.48. The summed E-state index contributed by atoms with van der Waals surface area (Å²) in [5.41, 5.74) is 1.19. The van der Waals surface area contributed by atoms with Gasteiger partial charge in [0.2, 0.25) is 0 Å². The molecule has 0 fully saturated rings. The van der Waals surface area contributed by atoms with E-state index in [4.69, 9.17) is 11.6 Å². The summed E-state index contributed by atoms with van der Waals surface area (Å²) in [6.45, 7) is 0.00388. The monoisotopic (exact) mass is 333 g/mol. The number of alkyl halides is 3. The maximum Gasteiger partial charge on any atom is 0.392 e. The Morgan fingerprint density at radius 2 is 2.23 bits per heavy atom. The Kier molecular flexibility index (Phi) is 5.02. The van der Waals surface area contributed by atoms with Gasteiger partial charge in [-0.15, -0.1) is 0 Å². The summed E-state index contributed by atoms with van der Waals surface area (Å²) < 4.78 is 42.0. The van der Waals surface area contributed by atoms with Crippen LogP contribution in [-0.4, -0.2) is 33.9 Å². The first-order chi connectivity index (χ1) is 10.4. The van der Waals surface area contributed by atoms with E-state index in [1.807, 2.05) is 0 Å². The van der Waals surface area contributed by atoms with Crippen molar-refractivity contribution in [3.8, 4) is 11.4 Å². The molecule has 5 nitrogen and oxygen atoms in total. The van der Waals surface area contributed by atoms with E-state index in [2.05, 4.69) is 19.9 Å². The van der Waals surface area contributed by atoms with Crippen LogP contribution in [0.1, 0.15) is 12.0 Å². The summed E-state index contributed by atoms with van der Waals surface area (Å²) in [6, 6.07) is 3.23. The summed E-state index contributed by atoms with van der Waals surface area (Å²) in [5, 5.41) is 6.78. The lowest BCUT2D eigenvalue weighted by molar-refractivity contribution is -0.164. The molecule has 2 aromatic rings. The third-order valence-corrected chi connectivity index (χ3v) is 3.17. The van der Waals surface area contributed by atoms with Crippen molar-refractivity contribution in [3.05, 3.63) is 35.1 Å². The Hall–Kier alpha value is -2.09. The summed E-state index contributed by atoms with van der Waals surface area (Å²) >= 11 is 6.01. The van der Waals surface area contributed by atoms with Crippen molar-refractivity contribution in [2.45, 2.75) is 25.1 Å². The zero-order valence-corrected chi connectivity index (χ0v) is 11.9. The van der Waals surface area contributed by atoms with Crippen molar-refractivity contribution in [2.75, 3.05) is 0 Å². The smallest absolute Gasteiger partial charge is 0.392 e. The van der Waals surface area contributed by atoms with Gasteiger partial charge in [0, 0.05) is 18.2 Å². The Morgan fingerprint density at radius 3 is 2.86 bits per heavy atom. The van der Waals surface area contributed by atoms with Crippen LogP contribution < -0.4 is 0 Å². The molecule has 0 spiro atoms. The standard InChI is InChI=1S/C13H11ClF3N3O2/c14-10-2-1-3-18-12(10)11-8(6-19-20-11)4-9(22-7-21)5-13(15,16)17/h1-3,6-7,9H,4-5H2,(H,19,20). The van der Waals surface area contributed by atoms with Gasteiger partial charge in [0.15, 0.2) is 0 Å². The van der Waals surface area contributed by atoms with Crippen molar-refractivity contribution in [1.82, 2.24) is 15.2 Å². The highest BCUT2D eigenvalue weighted by Gasteiger charge is 2.33. The van der Waals surface area contributed by atoms with Crippen LogP contribution in [0, 0.1) is 0 Å². The summed E-state index contributed by atoms with van der Waals surface area (Å²) in [6.07, 6.45) is -4.32. The van der Waals surface area contributed by atoms with Crippen LogP contribution in [0.4, 0.5) is 13.2 Å². The van der Waals surface area contributed by atoms with Crippen LogP contribution in [0.3, 0.4) is 0 Å². The third-order valence-electron chi connectivity index (χ3n) is 2.87. The van der Waals surface area contributed by atoms with Crippen LogP contribution in [0.2, 0.25) is 5.02 Å². The molecular formula is C13H11ClF3N3O2. The predicted octanol–water partition coefficient (Wildman–Crippen LogP) is 3.16. The van der Waals surface area contributed by atoms with E-state index in [-0.39, 0.29) is 12.9 Å². The summed E-state index contributed by atoms with van der Waals surface area (Å²) in [4.78, 5) is 14.5. The van der Waals surface area contributed by atoms with Crippen molar-refractivity contribution in [1.29, 1.82) is 0 Å². The van der Waals surface area contributed by atoms with Gasteiger partial charge in [-0.2, -0.15) is 18.3 Å². The van der Waals surface area contributed by atoms with E-state index in [9.17, 15) is 18.0 Å². The topological polar surface area (TPSA) is 67.9 Å². The second-order valence-corrected chi connectivity index (χ2v) is 4.89. The number of aromatic amines is 1. The van der Waals surface area contributed by atoms with E-state index >= 15 is 0 Å². The zero-order valence-electron chi connectivity index (χ0n) is 11.1. The van der Waals surface area contributed by atoms with E-state index in [0.29, 0.717) is 22.0 Å². The maximum absolute atomic E-state index is 12.5. The Labute approximate surface area is 128 Å². The molecule has 0 aliphatic carbocycles. The summed E-state index contributed by atoms with van der Waals surface area (Å²) in [7, 11) is 0. The average Bonchev–Trinajstić information content (AvgIpc) is 2.85. The molecule has 0 aliphatic rings. The average molecular weight is 334 g/mol. The van der Waals surface area contributed by atoms with Gasteiger partial charge in [-0.3, -0.25) is 14.9 Å². The number of rotatable bonds is 6. The van der Waals surface area contributed by atoms with Crippen LogP contribution in [-0.2, 0) is 16.0 Å². The van der Waals surface area contributed by atoms with Crippen LogP contribution in [0.25, 0.3) is 11.4 Å². The van der Waals surface area contributed by atoms with Gasteiger partial charge < -0.3 is 4.74 Å². The molecule has 2 heterocycles. The number of H-pyrrole nitrogens is 1. The SMILES string of the molecule is O=COC(Cc1cn[nH]c1-c1ncccc1Cl)CC(F)(F)F. The fourth-order valence-electron chi connectivity index (χ4n) is 1.99. The highest BCUT2D eigenvalue weighted by Crippen LogP contribution is 2.29. The molecule has 0 radical (unpaired) electrons. The number of ether oxygens (including phenoxy) is 1. The van der Waals surface area contributed by atoms with Crippen molar-refractivity contribution in [3.63, 3.8) is 0 Å². The van der Waals surface area contributed by atoms with Gasteiger partial charge in [0.05, 0.1) is 23.3 Å². The largest absolute Gasteiger partial charge is 0.464 e. The molecule has 0 amide bonds. The minimum absolute atomic E-state index is 0.00388. The van der Waals surface area contributed by atoms with E-state index in [1.165, 1.54) is 12.4 Å². The lowest BCUT2D eigenvalue weighted by Crippen LogP contribution is -2.24. The lowest BCUT2D eigenvalue weighted by atomic mass is 10.0. The number of hydrogen-bond donors (Lipinski definition) is 1. The van der Waals surface area contributed by atoms with Gasteiger partial charge >= 0.3 is 6.18 Å². The van der Waals surface area contributed by atoms with Crippen LogP contribution in [0.15, 0.2) is 24.5 Å². The van der Waals surface area contributed by atoms with Gasteiger partial charge in [0.25, 0.3) is 6.47 Å². The Bertz CT molecular complexity index is 645. The molecule has 0 bridgehead atoms. The predicted molar refractivity (Wildman–Crippen MR) is 72.1 cm³/mol. The molecule has 9 heteroatoms. The second kappa shape index (κ2) is 6.78. The first kappa shape index (κ1) is 16.3. The molecule has 1 unspecified atom stereocenters. The number of nitrogens with one attached hydrogen (secondary N) is 1. The van der Waals surface area contributed by atoms with Gasteiger partial charge in [0.1, 0.15) is 11.8 Å². The molecule has 2 rings (SSSR count). The molecule has 1 atom stereocenters. The molecule has 2 aromatic heterocycles. The normalized spacial score (nSPS) is 12.9. The molecule has 0 saturated carbocycles. The first-order valence-electron chi connectivity index (χ1n) is 6.19. The Balaban J connectivity index is 2.25. The van der Waals surface area contributed by atoms with E-state index < -0.39 is 18.7 Å². The highest BCUT2D eigenvalue weighted by atomic mass is 35.5. The minimum Gasteiger partial charge on any atom is -0.464 e. The molecule has 0 aromatic carbocycles. The Morgan fingerprint density at radius 1 is 1.45 bits per heavy atom. The fraction of sp³-hybridized carbons (Fsp3) is 0.308. The van der Waals surface area contributed by atoms with Gasteiger partial charge in [-0.25, -0.2) is 0 Å². The number of hydrogen-bond acceptors (Lipinski definition) is 4. The number of pyridine rings is 1.